The molecule has 0 bridgehead atoms. The lowest BCUT2D eigenvalue weighted by atomic mass is 10.2. The van der Waals surface area contributed by atoms with E-state index in [1.165, 1.54) is 0 Å². The van der Waals surface area contributed by atoms with E-state index >= 15 is 0 Å². The highest BCUT2D eigenvalue weighted by Gasteiger charge is 2.27. The van der Waals surface area contributed by atoms with Crippen molar-refractivity contribution in [2.24, 2.45) is 0 Å². The number of hydrogen-bond acceptors (Lipinski definition) is 2. The van der Waals surface area contributed by atoms with Crippen LogP contribution in [0.1, 0.15) is 16.1 Å². The third-order valence-corrected chi connectivity index (χ3v) is 3.63. The lowest BCUT2D eigenvalue weighted by Crippen LogP contribution is -2.28. The molecule has 1 aliphatic heterocycles. The van der Waals surface area contributed by atoms with E-state index in [2.05, 4.69) is 15.9 Å². The molecule has 1 aromatic carbocycles. The molecule has 0 aliphatic carbocycles. The smallest absolute Gasteiger partial charge is 0.294 e. The molecule has 2 heterocycles. The number of fused-ring (bicyclic) bond motifs is 1. The van der Waals surface area contributed by atoms with E-state index in [-0.39, 0.29) is 5.91 Å². The van der Waals surface area contributed by atoms with Gasteiger partial charge in [0.2, 0.25) is 0 Å². The Labute approximate surface area is 117 Å². The Morgan fingerprint density at radius 3 is 2.89 bits per heavy atom. The number of furan rings is 1. The number of rotatable bonds is 1. The SMILES string of the molecule is O=C(c1ccc(Br)o1)N1CCc2cc(Cl)ccc21. The lowest BCUT2D eigenvalue weighted by molar-refractivity contribution is 0.0961. The van der Waals surface area contributed by atoms with Crippen LogP contribution in [0.4, 0.5) is 5.69 Å². The quantitative estimate of drug-likeness (QED) is 0.796. The number of nitrogens with zero attached hydrogens (tertiary/aromatic N) is 1. The molecule has 2 aromatic rings. The van der Waals surface area contributed by atoms with E-state index in [1.54, 1.807) is 23.1 Å². The first-order valence-corrected chi connectivity index (χ1v) is 6.68. The molecule has 0 atom stereocenters. The maximum Gasteiger partial charge on any atom is 0.294 e. The van der Waals surface area contributed by atoms with E-state index < -0.39 is 0 Å². The number of anilines is 1. The highest BCUT2D eigenvalue weighted by atomic mass is 79.9. The third kappa shape index (κ3) is 1.95. The summed E-state index contributed by atoms with van der Waals surface area (Å²) < 4.78 is 5.85. The van der Waals surface area contributed by atoms with Crippen LogP contribution in [0.15, 0.2) is 39.4 Å². The van der Waals surface area contributed by atoms with E-state index in [4.69, 9.17) is 16.0 Å². The predicted octanol–water partition coefficient (Wildman–Crippen LogP) is 3.90. The Bertz CT molecular complexity index is 623. The van der Waals surface area contributed by atoms with Gasteiger partial charge in [-0.05, 0) is 58.2 Å². The number of carbonyl (C=O) groups is 1. The van der Waals surface area contributed by atoms with E-state index in [1.807, 2.05) is 12.1 Å². The zero-order valence-corrected chi connectivity index (χ0v) is 11.7. The van der Waals surface area contributed by atoms with Crippen molar-refractivity contribution in [1.29, 1.82) is 0 Å². The van der Waals surface area contributed by atoms with Crippen LogP contribution in [-0.4, -0.2) is 12.5 Å². The van der Waals surface area contributed by atoms with Gasteiger partial charge < -0.3 is 9.32 Å². The van der Waals surface area contributed by atoms with Gasteiger partial charge in [0.15, 0.2) is 10.4 Å². The Hall–Kier alpha value is -1.26. The molecule has 0 unspecified atom stereocenters. The topological polar surface area (TPSA) is 33.5 Å². The zero-order chi connectivity index (χ0) is 12.7. The summed E-state index contributed by atoms with van der Waals surface area (Å²) in [7, 11) is 0. The van der Waals surface area contributed by atoms with Crippen molar-refractivity contribution in [2.75, 3.05) is 11.4 Å². The van der Waals surface area contributed by atoms with Crippen molar-refractivity contribution in [3.63, 3.8) is 0 Å². The highest BCUT2D eigenvalue weighted by Crippen LogP contribution is 2.31. The van der Waals surface area contributed by atoms with Crippen LogP contribution in [0.3, 0.4) is 0 Å². The van der Waals surface area contributed by atoms with Crippen molar-refractivity contribution in [3.05, 3.63) is 51.3 Å². The fraction of sp³-hybridized carbons (Fsp3) is 0.154. The van der Waals surface area contributed by atoms with Gasteiger partial charge >= 0.3 is 0 Å². The number of benzene rings is 1. The summed E-state index contributed by atoms with van der Waals surface area (Å²) in [6.45, 7) is 0.660. The van der Waals surface area contributed by atoms with Gasteiger partial charge in [-0.2, -0.15) is 0 Å². The van der Waals surface area contributed by atoms with E-state index in [9.17, 15) is 4.79 Å². The average Bonchev–Trinajstić information content (AvgIpc) is 2.94. The molecule has 3 rings (SSSR count). The summed E-state index contributed by atoms with van der Waals surface area (Å²) >= 11 is 9.14. The molecule has 0 fully saturated rings. The molecule has 0 spiro atoms. The number of amides is 1. The zero-order valence-electron chi connectivity index (χ0n) is 9.32. The van der Waals surface area contributed by atoms with Crippen LogP contribution in [0, 0.1) is 0 Å². The van der Waals surface area contributed by atoms with Crippen molar-refractivity contribution in [1.82, 2.24) is 0 Å². The average molecular weight is 327 g/mol. The number of hydrogen-bond donors (Lipinski definition) is 0. The molecule has 0 N–H and O–H groups in total. The first kappa shape index (κ1) is 11.8. The second-order valence-corrected chi connectivity index (χ2v) is 5.30. The van der Waals surface area contributed by atoms with Crippen LogP contribution in [0.25, 0.3) is 0 Å². The van der Waals surface area contributed by atoms with Crippen LogP contribution < -0.4 is 4.90 Å². The molecule has 5 heteroatoms. The minimum absolute atomic E-state index is 0.123. The molecule has 18 heavy (non-hydrogen) atoms. The van der Waals surface area contributed by atoms with Crippen molar-refractivity contribution >= 4 is 39.1 Å². The summed E-state index contributed by atoms with van der Waals surface area (Å²) in [5.41, 5.74) is 2.01. The van der Waals surface area contributed by atoms with Gasteiger partial charge in [0, 0.05) is 17.3 Å². The Balaban J connectivity index is 1.95. The monoisotopic (exact) mass is 325 g/mol. The minimum Gasteiger partial charge on any atom is -0.444 e. The molecule has 3 nitrogen and oxygen atoms in total. The van der Waals surface area contributed by atoms with Crippen LogP contribution >= 0.6 is 27.5 Å². The highest BCUT2D eigenvalue weighted by molar-refractivity contribution is 9.10. The first-order valence-electron chi connectivity index (χ1n) is 5.51. The summed E-state index contributed by atoms with van der Waals surface area (Å²) in [5.74, 6) is 0.214. The minimum atomic E-state index is -0.123. The van der Waals surface area contributed by atoms with Gasteiger partial charge in [0.1, 0.15) is 0 Å². The maximum atomic E-state index is 12.3. The van der Waals surface area contributed by atoms with Gasteiger partial charge in [-0.25, -0.2) is 0 Å². The second kappa shape index (κ2) is 4.44. The molecule has 0 saturated heterocycles. The van der Waals surface area contributed by atoms with Gasteiger partial charge in [0.25, 0.3) is 5.91 Å². The fourth-order valence-electron chi connectivity index (χ4n) is 2.14. The maximum absolute atomic E-state index is 12.3. The molecule has 0 saturated carbocycles. The van der Waals surface area contributed by atoms with Crippen molar-refractivity contribution < 1.29 is 9.21 Å². The third-order valence-electron chi connectivity index (χ3n) is 2.97. The van der Waals surface area contributed by atoms with Crippen LogP contribution in [0.5, 0.6) is 0 Å². The Kier molecular flexibility index (Phi) is 2.92. The fourth-order valence-corrected chi connectivity index (χ4v) is 2.64. The molecule has 1 amide bonds. The summed E-state index contributed by atoms with van der Waals surface area (Å²) in [4.78, 5) is 14.0. The second-order valence-electron chi connectivity index (χ2n) is 4.08. The van der Waals surface area contributed by atoms with Gasteiger partial charge in [-0.3, -0.25) is 4.79 Å². The molecule has 1 aliphatic rings. The van der Waals surface area contributed by atoms with E-state index in [0.29, 0.717) is 22.0 Å². The largest absolute Gasteiger partial charge is 0.444 e. The molecule has 1 aromatic heterocycles. The lowest BCUT2D eigenvalue weighted by Gasteiger charge is -2.15. The molecular weight excluding hydrogens is 318 g/mol. The van der Waals surface area contributed by atoms with Crippen molar-refractivity contribution in [3.8, 4) is 0 Å². The number of halogens is 2. The van der Waals surface area contributed by atoms with Gasteiger partial charge in [-0.1, -0.05) is 11.6 Å². The number of carbonyl (C=O) groups excluding carboxylic acids is 1. The first-order chi connectivity index (χ1) is 8.65. The normalized spacial score (nSPS) is 13.8. The molecule has 0 radical (unpaired) electrons. The molecule has 92 valence electrons. The summed E-state index contributed by atoms with van der Waals surface area (Å²) in [6, 6.07) is 8.96. The van der Waals surface area contributed by atoms with Crippen LogP contribution in [0.2, 0.25) is 5.02 Å². The van der Waals surface area contributed by atoms with Crippen molar-refractivity contribution in [2.45, 2.75) is 6.42 Å². The predicted molar refractivity (Wildman–Crippen MR) is 73.2 cm³/mol. The van der Waals surface area contributed by atoms with Crippen LogP contribution in [-0.2, 0) is 6.42 Å². The van der Waals surface area contributed by atoms with Gasteiger partial charge in [0.05, 0.1) is 0 Å². The molecular formula is C13H9BrClNO2. The summed E-state index contributed by atoms with van der Waals surface area (Å²) in [6.07, 6.45) is 0.823. The Morgan fingerprint density at radius 2 is 2.17 bits per heavy atom. The van der Waals surface area contributed by atoms with E-state index in [0.717, 1.165) is 17.7 Å². The summed E-state index contributed by atoms with van der Waals surface area (Å²) in [5, 5.41) is 0.698. The Morgan fingerprint density at radius 1 is 1.33 bits per heavy atom. The van der Waals surface area contributed by atoms with Gasteiger partial charge in [-0.15, -0.1) is 0 Å². The standard InChI is InChI=1S/C13H9BrClNO2/c14-12-4-3-11(18-12)13(17)16-6-5-8-7-9(15)1-2-10(8)16/h1-4,7H,5-6H2.